The molecule has 4 nitrogen and oxygen atoms in total. The summed E-state index contributed by atoms with van der Waals surface area (Å²) in [4.78, 5) is 4.19. The molecule has 0 fully saturated rings. The Bertz CT molecular complexity index is 463. The molecule has 0 heterocycles. The van der Waals surface area contributed by atoms with Crippen LogP contribution in [0.1, 0.15) is 32.3 Å². The zero-order chi connectivity index (χ0) is 16.9. The summed E-state index contributed by atoms with van der Waals surface area (Å²) in [6.45, 7) is 7.51. The van der Waals surface area contributed by atoms with E-state index in [4.69, 9.17) is 4.74 Å². The van der Waals surface area contributed by atoms with E-state index in [1.54, 1.807) is 19.2 Å². The van der Waals surface area contributed by atoms with Gasteiger partial charge in [0.25, 0.3) is 0 Å². The molecule has 130 valence electrons. The van der Waals surface area contributed by atoms with Crippen molar-refractivity contribution in [1.82, 2.24) is 10.6 Å². The van der Waals surface area contributed by atoms with Gasteiger partial charge >= 0.3 is 0 Å². The number of rotatable bonds is 10. The zero-order valence-electron chi connectivity index (χ0n) is 14.6. The van der Waals surface area contributed by atoms with E-state index in [9.17, 15) is 4.39 Å². The second-order valence-corrected chi connectivity index (χ2v) is 5.98. The zero-order valence-corrected chi connectivity index (χ0v) is 14.6. The number of benzene rings is 1. The number of aryl methyl sites for hydroxylation is 1. The molecule has 0 bridgehead atoms. The lowest BCUT2D eigenvalue weighted by Gasteiger charge is -2.12. The van der Waals surface area contributed by atoms with Crippen LogP contribution in [0.25, 0.3) is 0 Å². The first-order valence-electron chi connectivity index (χ1n) is 8.38. The summed E-state index contributed by atoms with van der Waals surface area (Å²) in [6.07, 6.45) is 2.74. The number of hydrogen-bond donors (Lipinski definition) is 2. The fraction of sp³-hybridized carbons (Fsp3) is 0.611. The number of halogens is 1. The Labute approximate surface area is 139 Å². The summed E-state index contributed by atoms with van der Waals surface area (Å²) in [5, 5.41) is 6.53. The fourth-order valence-corrected chi connectivity index (χ4v) is 2.11. The molecular weight excluding hydrogens is 293 g/mol. The number of nitrogens with zero attached hydrogens (tertiary/aromatic N) is 1. The molecule has 0 unspecified atom stereocenters. The quantitative estimate of drug-likeness (QED) is 0.395. The van der Waals surface area contributed by atoms with Crippen LogP contribution in [-0.4, -0.2) is 39.3 Å². The Hall–Kier alpha value is -1.62. The van der Waals surface area contributed by atoms with Crippen molar-refractivity contribution < 1.29 is 9.13 Å². The molecule has 0 saturated heterocycles. The number of nitrogens with one attached hydrogen (secondary N) is 2. The summed E-state index contributed by atoms with van der Waals surface area (Å²) in [5.41, 5.74) is 1.03. The average molecular weight is 323 g/mol. The highest BCUT2D eigenvalue weighted by Crippen LogP contribution is 2.05. The molecule has 0 spiro atoms. The van der Waals surface area contributed by atoms with Crippen molar-refractivity contribution in [3.63, 3.8) is 0 Å². The molecule has 2 N–H and O–H groups in total. The minimum atomic E-state index is -0.173. The monoisotopic (exact) mass is 323 g/mol. The molecule has 0 atom stereocenters. The second kappa shape index (κ2) is 11.9. The van der Waals surface area contributed by atoms with E-state index < -0.39 is 0 Å². The Morgan fingerprint density at radius 1 is 1.22 bits per heavy atom. The molecule has 0 saturated carbocycles. The number of ether oxygens (including phenoxy) is 1. The molecule has 0 radical (unpaired) electrons. The summed E-state index contributed by atoms with van der Waals surface area (Å²) in [5.74, 6) is 1.20. The molecular formula is C18H30FN3O. The second-order valence-electron chi connectivity index (χ2n) is 5.98. The van der Waals surface area contributed by atoms with Crippen LogP contribution in [0.2, 0.25) is 0 Å². The highest BCUT2D eigenvalue weighted by atomic mass is 19.1. The fourth-order valence-electron chi connectivity index (χ4n) is 2.11. The first-order chi connectivity index (χ1) is 11.1. The van der Waals surface area contributed by atoms with Crippen LogP contribution in [-0.2, 0) is 11.2 Å². The third kappa shape index (κ3) is 9.89. The maximum atomic E-state index is 13.1. The van der Waals surface area contributed by atoms with Gasteiger partial charge in [0.2, 0.25) is 0 Å². The summed E-state index contributed by atoms with van der Waals surface area (Å²) in [7, 11) is 1.76. The SMILES string of the molecule is CN=C(NCCCOCC(C)C)NCCCc1cccc(F)c1. The molecule has 5 heteroatoms. The van der Waals surface area contributed by atoms with E-state index in [0.717, 1.165) is 57.1 Å². The van der Waals surface area contributed by atoms with Crippen molar-refractivity contribution in [2.45, 2.75) is 33.1 Å². The van der Waals surface area contributed by atoms with Crippen LogP contribution >= 0.6 is 0 Å². The van der Waals surface area contributed by atoms with Crippen LogP contribution < -0.4 is 10.6 Å². The Morgan fingerprint density at radius 3 is 2.61 bits per heavy atom. The normalized spacial score (nSPS) is 11.8. The van der Waals surface area contributed by atoms with Crippen LogP contribution in [0.4, 0.5) is 4.39 Å². The van der Waals surface area contributed by atoms with Gasteiger partial charge in [0.15, 0.2) is 5.96 Å². The van der Waals surface area contributed by atoms with Gasteiger partial charge in [0.1, 0.15) is 5.82 Å². The molecule has 23 heavy (non-hydrogen) atoms. The molecule has 0 aliphatic heterocycles. The van der Waals surface area contributed by atoms with E-state index in [-0.39, 0.29) is 5.82 Å². The summed E-state index contributed by atoms with van der Waals surface area (Å²) < 4.78 is 18.6. The maximum Gasteiger partial charge on any atom is 0.190 e. The van der Waals surface area contributed by atoms with Crippen molar-refractivity contribution in [3.8, 4) is 0 Å². The van der Waals surface area contributed by atoms with Gasteiger partial charge in [0.05, 0.1) is 0 Å². The van der Waals surface area contributed by atoms with Crippen LogP contribution in [0, 0.1) is 11.7 Å². The minimum absolute atomic E-state index is 0.173. The standard InChI is InChI=1S/C18H30FN3O/c1-15(2)14-23-12-6-11-22-18(20-3)21-10-5-8-16-7-4-9-17(19)13-16/h4,7,9,13,15H,5-6,8,10-12,14H2,1-3H3,(H2,20,21,22). The van der Waals surface area contributed by atoms with Gasteiger partial charge in [-0.25, -0.2) is 4.39 Å². The molecule has 1 aromatic carbocycles. The van der Waals surface area contributed by atoms with Gasteiger partial charge in [-0.1, -0.05) is 26.0 Å². The highest BCUT2D eigenvalue weighted by molar-refractivity contribution is 5.79. The summed E-state index contributed by atoms with van der Waals surface area (Å²) >= 11 is 0. The smallest absolute Gasteiger partial charge is 0.190 e. The molecule has 0 aliphatic carbocycles. The van der Waals surface area contributed by atoms with Crippen molar-refractivity contribution in [1.29, 1.82) is 0 Å². The van der Waals surface area contributed by atoms with Gasteiger partial charge in [-0.05, 0) is 42.9 Å². The third-order valence-electron chi connectivity index (χ3n) is 3.26. The van der Waals surface area contributed by atoms with Gasteiger partial charge in [-0.2, -0.15) is 0 Å². The lowest BCUT2D eigenvalue weighted by molar-refractivity contribution is 0.108. The lowest BCUT2D eigenvalue weighted by Crippen LogP contribution is -2.38. The van der Waals surface area contributed by atoms with E-state index in [2.05, 4.69) is 29.5 Å². The Balaban J connectivity index is 2.07. The van der Waals surface area contributed by atoms with Crippen molar-refractivity contribution in [2.75, 3.05) is 33.4 Å². The number of guanidine groups is 1. The molecule has 0 aromatic heterocycles. The molecule has 1 aromatic rings. The first-order valence-corrected chi connectivity index (χ1v) is 8.38. The average Bonchev–Trinajstić information content (AvgIpc) is 2.52. The topological polar surface area (TPSA) is 45.7 Å². The van der Waals surface area contributed by atoms with Gasteiger partial charge < -0.3 is 15.4 Å². The van der Waals surface area contributed by atoms with E-state index in [1.807, 2.05) is 6.07 Å². The van der Waals surface area contributed by atoms with Gasteiger partial charge in [-0.3, -0.25) is 4.99 Å². The highest BCUT2D eigenvalue weighted by Gasteiger charge is 1.99. The lowest BCUT2D eigenvalue weighted by atomic mass is 10.1. The number of hydrogen-bond acceptors (Lipinski definition) is 2. The van der Waals surface area contributed by atoms with E-state index >= 15 is 0 Å². The minimum Gasteiger partial charge on any atom is -0.381 e. The third-order valence-corrected chi connectivity index (χ3v) is 3.26. The maximum absolute atomic E-state index is 13.1. The molecule has 0 amide bonds. The van der Waals surface area contributed by atoms with Crippen LogP contribution in [0.5, 0.6) is 0 Å². The molecule has 1 rings (SSSR count). The van der Waals surface area contributed by atoms with Crippen LogP contribution in [0.15, 0.2) is 29.3 Å². The van der Waals surface area contributed by atoms with Crippen molar-refractivity contribution in [2.24, 2.45) is 10.9 Å². The van der Waals surface area contributed by atoms with Crippen LogP contribution in [0.3, 0.4) is 0 Å². The van der Waals surface area contributed by atoms with E-state index in [1.165, 1.54) is 6.07 Å². The number of aliphatic imine (C=N–C) groups is 1. The van der Waals surface area contributed by atoms with Gasteiger partial charge in [-0.15, -0.1) is 0 Å². The predicted molar refractivity (Wildman–Crippen MR) is 94.4 cm³/mol. The van der Waals surface area contributed by atoms with Crippen molar-refractivity contribution >= 4 is 5.96 Å². The largest absolute Gasteiger partial charge is 0.381 e. The Kier molecular flexibility index (Phi) is 10.0. The van der Waals surface area contributed by atoms with Crippen molar-refractivity contribution in [3.05, 3.63) is 35.6 Å². The summed E-state index contributed by atoms with van der Waals surface area (Å²) in [6, 6.07) is 6.76. The molecule has 0 aliphatic rings. The van der Waals surface area contributed by atoms with E-state index in [0.29, 0.717) is 5.92 Å². The van der Waals surface area contributed by atoms with Gasteiger partial charge in [0, 0.05) is 33.4 Å². The predicted octanol–water partition coefficient (Wildman–Crippen LogP) is 2.99. The Morgan fingerprint density at radius 2 is 1.96 bits per heavy atom. The first kappa shape index (κ1) is 19.4.